The summed E-state index contributed by atoms with van der Waals surface area (Å²) in [5, 5.41) is 14.7. The van der Waals surface area contributed by atoms with Gasteiger partial charge in [-0.25, -0.2) is 0 Å². The summed E-state index contributed by atoms with van der Waals surface area (Å²) in [6.07, 6.45) is 1.58. The van der Waals surface area contributed by atoms with Gasteiger partial charge < -0.3 is 20.5 Å². The average Bonchev–Trinajstić information content (AvgIpc) is 2.26. The summed E-state index contributed by atoms with van der Waals surface area (Å²) in [5.41, 5.74) is 0. The number of aliphatic hydroxyl groups excluding tert-OH is 1. The Morgan fingerprint density at radius 3 is 2.59 bits per heavy atom. The van der Waals surface area contributed by atoms with E-state index < -0.39 is 0 Å². The van der Waals surface area contributed by atoms with Crippen molar-refractivity contribution in [3.8, 4) is 0 Å². The standard InChI is InChI=1S/C12H26N2O3/c1-10(2)4-6-13-12(16)8-14-11(5-7-15)9-17-3/h10-11,14-15H,4-9H2,1-3H3,(H,13,16). The van der Waals surface area contributed by atoms with Crippen molar-refractivity contribution in [2.45, 2.75) is 32.7 Å². The highest BCUT2D eigenvalue weighted by atomic mass is 16.5. The largest absolute Gasteiger partial charge is 0.396 e. The molecule has 5 nitrogen and oxygen atoms in total. The van der Waals surface area contributed by atoms with E-state index >= 15 is 0 Å². The van der Waals surface area contributed by atoms with Gasteiger partial charge in [0.25, 0.3) is 0 Å². The average molecular weight is 246 g/mol. The second kappa shape index (κ2) is 10.5. The van der Waals surface area contributed by atoms with Gasteiger partial charge in [0.15, 0.2) is 0 Å². The Balaban J connectivity index is 3.64. The third-order valence-corrected chi connectivity index (χ3v) is 2.44. The van der Waals surface area contributed by atoms with E-state index in [0.717, 1.165) is 6.42 Å². The maximum Gasteiger partial charge on any atom is 0.233 e. The van der Waals surface area contributed by atoms with Crippen LogP contribution in [0.4, 0.5) is 0 Å². The molecule has 0 aliphatic heterocycles. The number of rotatable bonds is 10. The fourth-order valence-electron chi connectivity index (χ4n) is 1.40. The number of ether oxygens (including phenoxy) is 1. The van der Waals surface area contributed by atoms with Crippen LogP contribution in [0.3, 0.4) is 0 Å². The van der Waals surface area contributed by atoms with E-state index in [-0.39, 0.29) is 25.1 Å². The molecule has 1 amide bonds. The molecule has 0 spiro atoms. The smallest absolute Gasteiger partial charge is 0.233 e. The first-order valence-electron chi connectivity index (χ1n) is 6.20. The van der Waals surface area contributed by atoms with Crippen LogP contribution in [-0.2, 0) is 9.53 Å². The highest BCUT2D eigenvalue weighted by Gasteiger charge is 2.09. The molecule has 0 fully saturated rings. The Labute approximate surface area is 104 Å². The zero-order chi connectivity index (χ0) is 13.1. The molecule has 0 rings (SSSR count). The molecular formula is C12H26N2O3. The quantitative estimate of drug-likeness (QED) is 0.512. The Bertz CT molecular complexity index is 192. The number of methoxy groups -OCH3 is 1. The van der Waals surface area contributed by atoms with Crippen molar-refractivity contribution in [3.63, 3.8) is 0 Å². The van der Waals surface area contributed by atoms with Crippen molar-refractivity contribution in [1.82, 2.24) is 10.6 Å². The first-order valence-corrected chi connectivity index (χ1v) is 6.20. The van der Waals surface area contributed by atoms with E-state index in [0.29, 0.717) is 25.5 Å². The molecule has 0 radical (unpaired) electrons. The van der Waals surface area contributed by atoms with E-state index in [1.165, 1.54) is 0 Å². The second-order valence-electron chi connectivity index (χ2n) is 4.58. The van der Waals surface area contributed by atoms with Crippen LogP contribution in [0.2, 0.25) is 0 Å². The first kappa shape index (κ1) is 16.4. The predicted octanol–water partition coefficient (Wildman–Crippen LogP) is 0.136. The van der Waals surface area contributed by atoms with Crippen molar-refractivity contribution in [1.29, 1.82) is 0 Å². The van der Waals surface area contributed by atoms with Crippen LogP contribution >= 0.6 is 0 Å². The minimum Gasteiger partial charge on any atom is -0.396 e. The molecule has 1 atom stereocenters. The lowest BCUT2D eigenvalue weighted by Crippen LogP contribution is -2.42. The second-order valence-corrected chi connectivity index (χ2v) is 4.58. The normalized spacial score (nSPS) is 12.8. The van der Waals surface area contributed by atoms with Crippen LogP contribution < -0.4 is 10.6 Å². The van der Waals surface area contributed by atoms with Gasteiger partial charge in [-0.15, -0.1) is 0 Å². The number of nitrogens with one attached hydrogen (secondary N) is 2. The van der Waals surface area contributed by atoms with Gasteiger partial charge in [0, 0.05) is 26.3 Å². The number of carbonyl (C=O) groups is 1. The van der Waals surface area contributed by atoms with Gasteiger partial charge >= 0.3 is 0 Å². The highest BCUT2D eigenvalue weighted by Crippen LogP contribution is 1.96. The molecule has 0 saturated heterocycles. The number of aliphatic hydroxyl groups is 1. The van der Waals surface area contributed by atoms with Crippen molar-refractivity contribution < 1.29 is 14.6 Å². The Morgan fingerprint density at radius 2 is 2.06 bits per heavy atom. The maximum absolute atomic E-state index is 11.5. The zero-order valence-corrected chi connectivity index (χ0v) is 11.2. The molecule has 102 valence electrons. The van der Waals surface area contributed by atoms with Crippen molar-refractivity contribution in [2.75, 3.05) is 33.4 Å². The molecular weight excluding hydrogens is 220 g/mol. The van der Waals surface area contributed by atoms with E-state index in [1.54, 1.807) is 7.11 Å². The van der Waals surface area contributed by atoms with Gasteiger partial charge in [-0.3, -0.25) is 4.79 Å². The van der Waals surface area contributed by atoms with Crippen molar-refractivity contribution in [2.24, 2.45) is 5.92 Å². The summed E-state index contributed by atoms with van der Waals surface area (Å²) in [4.78, 5) is 11.5. The van der Waals surface area contributed by atoms with E-state index in [1.807, 2.05) is 0 Å². The summed E-state index contributed by atoms with van der Waals surface area (Å²) < 4.78 is 5.00. The highest BCUT2D eigenvalue weighted by molar-refractivity contribution is 5.77. The van der Waals surface area contributed by atoms with E-state index in [2.05, 4.69) is 24.5 Å². The van der Waals surface area contributed by atoms with Gasteiger partial charge in [0.1, 0.15) is 0 Å². The lowest BCUT2D eigenvalue weighted by Gasteiger charge is -2.16. The van der Waals surface area contributed by atoms with Gasteiger partial charge in [-0.2, -0.15) is 0 Å². The summed E-state index contributed by atoms with van der Waals surface area (Å²) in [7, 11) is 1.61. The summed E-state index contributed by atoms with van der Waals surface area (Å²) in [6, 6.07) is 0.0286. The number of amides is 1. The molecule has 5 heteroatoms. The SMILES string of the molecule is COCC(CCO)NCC(=O)NCCC(C)C. The van der Waals surface area contributed by atoms with E-state index in [9.17, 15) is 4.79 Å². The molecule has 0 heterocycles. The van der Waals surface area contributed by atoms with Crippen molar-refractivity contribution in [3.05, 3.63) is 0 Å². The summed E-state index contributed by atoms with van der Waals surface area (Å²) in [5.74, 6) is 0.587. The maximum atomic E-state index is 11.5. The van der Waals surface area contributed by atoms with Crippen LogP contribution in [0.15, 0.2) is 0 Å². The molecule has 3 N–H and O–H groups in total. The molecule has 0 aliphatic carbocycles. The summed E-state index contributed by atoms with van der Waals surface area (Å²) in [6.45, 7) is 5.83. The first-order chi connectivity index (χ1) is 8.10. The third kappa shape index (κ3) is 10.2. The molecule has 0 bridgehead atoms. The lowest BCUT2D eigenvalue weighted by molar-refractivity contribution is -0.120. The minimum absolute atomic E-state index is 0.00954. The molecule has 17 heavy (non-hydrogen) atoms. The topological polar surface area (TPSA) is 70.6 Å². The molecule has 0 aromatic carbocycles. The van der Waals surface area contributed by atoms with E-state index in [4.69, 9.17) is 9.84 Å². The van der Waals surface area contributed by atoms with Crippen molar-refractivity contribution >= 4 is 5.91 Å². The fraction of sp³-hybridized carbons (Fsp3) is 0.917. The monoisotopic (exact) mass is 246 g/mol. The van der Waals surface area contributed by atoms with Crippen LogP contribution in [0.5, 0.6) is 0 Å². The van der Waals surface area contributed by atoms with Crippen LogP contribution in [0.1, 0.15) is 26.7 Å². The minimum atomic E-state index is -0.00954. The molecule has 0 aromatic heterocycles. The van der Waals surface area contributed by atoms with Gasteiger partial charge in [0.2, 0.25) is 5.91 Å². The molecule has 0 aliphatic rings. The van der Waals surface area contributed by atoms with Crippen LogP contribution in [0.25, 0.3) is 0 Å². The van der Waals surface area contributed by atoms with Crippen LogP contribution in [-0.4, -0.2) is 50.5 Å². The number of hydrogen-bond donors (Lipinski definition) is 3. The predicted molar refractivity (Wildman–Crippen MR) is 67.8 cm³/mol. The Morgan fingerprint density at radius 1 is 1.35 bits per heavy atom. The Kier molecular flexibility index (Phi) is 10.1. The lowest BCUT2D eigenvalue weighted by atomic mass is 10.1. The molecule has 0 saturated carbocycles. The molecule has 0 aromatic rings. The van der Waals surface area contributed by atoms with Crippen LogP contribution in [0, 0.1) is 5.92 Å². The molecule has 1 unspecified atom stereocenters. The zero-order valence-electron chi connectivity index (χ0n) is 11.2. The van der Waals surface area contributed by atoms with Gasteiger partial charge in [0.05, 0.1) is 13.2 Å². The van der Waals surface area contributed by atoms with Gasteiger partial charge in [-0.05, 0) is 18.8 Å². The van der Waals surface area contributed by atoms with Gasteiger partial charge in [-0.1, -0.05) is 13.8 Å². The number of hydrogen-bond acceptors (Lipinski definition) is 4. The Hall–Kier alpha value is -0.650. The fourth-order valence-corrected chi connectivity index (χ4v) is 1.40. The third-order valence-electron chi connectivity index (χ3n) is 2.44. The number of carbonyl (C=O) groups excluding carboxylic acids is 1. The summed E-state index contributed by atoms with van der Waals surface area (Å²) >= 11 is 0.